The molecule has 2 fully saturated rings. The van der Waals surface area contributed by atoms with Crippen LogP contribution >= 0.6 is 0 Å². The van der Waals surface area contributed by atoms with E-state index in [9.17, 15) is 0 Å². The summed E-state index contributed by atoms with van der Waals surface area (Å²) in [6.07, 6.45) is 7.04. The summed E-state index contributed by atoms with van der Waals surface area (Å²) in [5.74, 6) is 1.59. The molecular formula is C14H21N3. The van der Waals surface area contributed by atoms with Crippen molar-refractivity contribution in [2.24, 2.45) is 5.92 Å². The van der Waals surface area contributed by atoms with E-state index in [1.807, 2.05) is 12.1 Å². The highest BCUT2D eigenvalue weighted by Crippen LogP contribution is 2.36. The lowest BCUT2D eigenvalue weighted by Crippen LogP contribution is -2.34. The second-order valence-electron chi connectivity index (χ2n) is 5.42. The summed E-state index contributed by atoms with van der Waals surface area (Å²) < 4.78 is 0. The molecule has 1 aromatic rings. The van der Waals surface area contributed by atoms with E-state index in [1.54, 1.807) is 0 Å². The van der Waals surface area contributed by atoms with Crippen molar-refractivity contribution in [3.63, 3.8) is 0 Å². The molecule has 2 unspecified atom stereocenters. The Labute approximate surface area is 103 Å². The first-order valence-corrected chi connectivity index (χ1v) is 6.78. The van der Waals surface area contributed by atoms with Gasteiger partial charge >= 0.3 is 0 Å². The van der Waals surface area contributed by atoms with Gasteiger partial charge in [-0.3, -0.25) is 4.90 Å². The van der Waals surface area contributed by atoms with Crippen molar-refractivity contribution in [3.05, 3.63) is 23.9 Å². The minimum Gasteiger partial charge on any atom is -0.384 e. The number of hydrogen-bond acceptors (Lipinski definition) is 3. The Kier molecular flexibility index (Phi) is 3.02. The fourth-order valence-corrected chi connectivity index (χ4v) is 3.49. The Hall–Kier alpha value is -1.09. The van der Waals surface area contributed by atoms with Gasteiger partial charge in [0, 0.05) is 12.6 Å². The second kappa shape index (κ2) is 4.65. The summed E-state index contributed by atoms with van der Waals surface area (Å²) in [5.41, 5.74) is 6.86. The van der Waals surface area contributed by atoms with E-state index in [-0.39, 0.29) is 0 Å². The van der Waals surface area contributed by atoms with E-state index in [4.69, 9.17) is 5.73 Å². The summed E-state index contributed by atoms with van der Waals surface area (Å²) in [6.45, 7) is 2.22. The number of rotatable bonds is 2. The lowest BCUT2D eigenvalue weighted by Gasteiger charge is -2.31. The van der Waals surface area contributed by atoms with Crippen LogP contribution in [-0.4, -0.2) is 22.5 Å². The molecule has 92 valence electrons. The van der Waals surface area contributed by atoms with E-state index in [2.05, 4.69) is 16.0 Å². The van der Waals surface area contributed by atoms with Gasteiger partial charge in [0.2, 0.25) is 0 Å². The van der Waals surface area contributed by atoms with Crippen LogP contribution in [0.3, 0.4) is 0 Å². The predicted octanol–water partition coefficient (Wildman–Crippen LogP) is 2.43. The Balaban J connectivity index is 1.69. The zero-order valence-electron chi connectivity index (χ0n) is 10.3. The zero-order valence-corrected chi connectivity index (χ0v) is 10.3. The topological polar surface area (TPSA) is 42.1 Å². The van der Waals surface area contributed by atoms with Crippen LogP contribution in [0.4, 0.5) is 5.82 Å². The molecule has 1 aromatic heterocycles. The van der Waals surface area contributed by atoms with Crippen molar-refractivity contribution in [1.82, 2.24) is 9.88 Å². The molecule has 2 N–H and O–H groups in total. The fraction of sp³-hybridized carbons (Fsp3) is 0.643. The number of nitrogens with zero attached hydrogens (tertiary/aromatic N) is 2. The molecule has 3 heteroatoms. The third kappa shape index (κ3) is 2.29. The summed E-state index contributed by atoms with van der Waals surface area (Å²) in [4.78, 5) is 7.03. The normalized spacial score (nSPS) is 29.2. The van der Waals surface area contributed by atoms with Gasteiger partial charge in [-0.15, -0.1) is 0 Å². The van der Waals surface area contributed by atoms with Gasteiger partial charge in [0.05, 0.1) is 5.69 Å². The van der Waals surface area contributed by atoms with E-state index >= 15 is 0 Å². The third-order valence-corrected chi connectivity index (χ3v) is 4.32. The number of fused-ring (bicyclic) bond motifs is 1. The molecule has 0 aromatic carbocycles. The average Bonchev–Trinajstić information content (AvgIpc) is 2.73. The average molecular weight is 231 g/mol. The first-order valence-electron chi connectivity index (χ1n) is 6.78. The molecule has 3 rings (SSSR count). The smallest absolute Gasteiger partial charge is 0.123 e. The fourth-order valence-electron chi connectivity index (χ4n) is 3.49. The summed E-state index contributed by atoms with van der Waals surface area (Å²) in [5, 5.41) is 0. The first kappa shape index (κ1) is 11.0. The van der Waals surface area contributed by atoms with Crippen LogP contribution in [-0.2, 0) is 6.54 Å². The van der Waals surface area contributed by atoms with Gasteiger partial charge in [0.25, 0.3) is 0 Å². The van der Waals surface area contributed by atoms with Crippen LogP contribution in [0.1, 0.15) is 37.8 Å². The predicted molar refractivity (Wildman–Crippen MR) is 69.4 cm³/mol. The largest absolute Gasteiger partial charge is 0.384 e. The minimum atomic E-state index is 0.641. The van der Waals surface area contributed by atoms with Gasteiger partial charge in [0.1, 0.15) is 5.82 Å². The Morgan fingerprint density at radius 3 is 3.00 bits per heavy atom. The minimum absolute atomic E-state index is 0.641. The van der Waals surface area contributed by atoms with Crippen LogP contribution in [0.5, 0.6) is 0 Å². The molecule has 0 spiro atoms. The number of nitrogen functional groups attached to an aromatic ring is 1. The maximum atomic E-state index is 5.74. The number of anilines is 1. The molecule has 0 radical (unpaired) electrons. The summed E-state index contributed by atoms with van der Waals surface area (Å²) in [6, 6.07) is 6.77. The highest BCUT2D eigenvalue weighted by atomic mass is 15.2. The van der Waals surface area contributed by atoms with Crippen LogP contribution < -0.4 is 5.73 Å². The number of hydrogen-bond donors (Lipinski definition) is 1. The van der Waals surface area contributed by atoms with Crippen LogP contribution in [0.15, 0.2) is 18.2 Å². The van der Waals surface area contributed by atoms with Gasteiger partial charge in [-0.05, 0) is 43.9 Å². The number of nitrogens with two attached hydrogens (primary N) is 1. The van der Waals surface area contributed by atoms with E-state index in [0.717, 1.165) is 24.2 Å². The van der Waals surface area contributed by atoms with Crippen molar-refractivity contribution >= 4 is 5.82 Å². The molecule has 1 saturated carbocycles. The maximum absolute atomic E-state index is 5.74. The highest BCUT2D eigenvalue weighted by molar-refractivity contribution is 5.28. The lowest BCUT2D eigenvalue weighted by molar-refractivity contribution is 0.174. The van der Waals surface area contributed by atoms with Crippen molar-refractivity contribution < 1.29 is 0 Å². The Bertz CT molecular complexity index is 391. The van der Waals surface area contributed by atoms with Crippen LogP contribution in [0.2, 0.25) is 0 Å². The zero-order chi connectivity index (χ0) is 11.7. The molecule has 0 bridgehead atoms. The first-order chi connectivity index (χ1) is 8.33. The second-order valence-corrected chi connectivity index (χ2v) is 5.42. The Morgan fingerprint density at radius 1 is 1.24 bits per heavy atom. The third-order valence-electron chi connectivity index (χ3n) is 4.32. The molecule has 2 heterocycles. The number of likely N-dealkylation sites (tertiary alicyclic amines) is 1. The standard InChI is InChI=1S/C14H21N3/c15-14-7-3-5-12(16-14)10-17-9-8-11-4-1-2-6-13(11)17/h3,5,7,11,13H,1-2,4,6,8-10H2,(H2,15,16). The quantitative estimate of drug-likeness (QED) is 0.850. The molecule has 17 heavy (non-hydrogen) atoms. The van der Waals surface area contributed by atoms with Crippen molar-refractivity contribution in [2.75, 3.05) is 12.3 Å². The molecule has 1 aliphatic carbocycles. The molecule has 2 atom stereocenters. The molecule has 1 aliphatic heterocycles. The van der Waals surface area contributed by atoms with Crippen molar-refractivity contribution in [2.45, 2.75) is 44.7 Å². The molecule has 2 aliphatic rings. The van der Waals surface area contributed by atoms with Gasteiger partial charge < -0.3 is 5.73 Å². The molecule has 0 amide bonds. The number of pyridine rings is 1. The van der Waals surface area contributed by atoms with Gasteiger partial charge in [-0.1, -0.05) is 18.9 Å². The van der Waals surface area contributed by atoms with Gasteiger partial charge in [-0.25, -0.2) is 4.98 Å². The summed E-state index contributed by atoms with van der Waals surface area (Å²) in [7, 11) is 0. The SMILES string of the molecule is Nc1cccc(CN2CCC3CCCCC32)n1. The monoisotopic (exact) mass is 231 g/mol. The van der Waals surface area contributed by atoms with Crippen molar-refractivity contribution in [3.8, 4) is 0 Å². The summed E-state index contributed by atoms with van der Waals surface area (Å²) >= 11 is 0. The van der Waals surface area contributed by atoms with Gasteiger partial charge in [0.15, 0.2) is 0 Å². The lowest BCUT2D eigenvalue weighted by atomic mass is 9.85. The van der Waals surface area contributed by atoms with Gasteiger partial charge in [-0.2, -0.15) is 0 Å². The highest BCUT2D eigenvalue weighted by Gasteiger charge is 2.35. The van der Waals surface area contributed by atoms with E-state index in [0.29, 0.717) is 5.82 Å². The van der Waals surface area contributed by atoms with Crippen LogP contribution in [0.25, 0.3) is 0 Å². The molecular weight excluding hydrogens is 210 g/mol. The maximum Gasteiger partial charge on any atom is 0.123 e. The number of aromatic nitrogens is 1. The van der Waals surface area contributed by atoms with Crippen LogP contribution in [0, 0.1) is 5.92 Å². The Morgan fingerprint density at radius 2 is 2.12 bits per heavy atom. The van der Waals surface area contributed by atoms with E-state index in [1.165, 1.54) is 38.6 Å². The molecule has 1 saturated heterocycles. The van der Waals surface area contributed by atoms with Crippen molar-refractivity contribution in [1.29, 1.82) is 0 Å². The molecule has 3 nitrogen and oxygen atoms in total. The van der Waals surface area contributed by atoms with E-state index < -0.39 is 0 Å².